The fraction of sp³-hybridized carbons (Fsp3) is 0.162. The number of aromatic nitrogens is 1. The van der Waals surface area contributed by atoms with Gasteiger partial charge in [-0.15, -0.1) is 6.42 Å². The number of para-hydroxylation sites is 1. The van der Waals surface area contributed by atoms with Crippen LogP contribution in [0.1, 0.15) is 24.1 Å². The number of terminal acetylenes is 1. The minimum Gasteiger partial charge on any atom is -0.493 e. The summed E-state index contributed by atoms with van der Waals surface area (Å²) >= 11 is 1.22. The lowest BCUT2D eigenvalue weighted by molar-refractivity contribution is -0.113. The Morgan fingerprint density at radius 2 is 1.68 bits per heavy atom. The van der Waals surface area contributed by atoms with Gasteiger partial charge in [-0.25, -0.2) is 4.99 Å². The second-order valence-electron chi connectivity index (χ2n) is 10.6. The van der Waals surface area contributed by atoms with E-state index < -0.39 is 11.9 Å². The topological polar surface area (TPSA) is 100 Å². The molecule has 236 valence electrons. The van der Waals surface area contributed by atoms with Crippen LogP contribution in [0.15, 0.2) is 99.9 Å². The Bertz CT molecular complexity index is 2240. The number of ether oxygens (including phenoxy) is 4. The molecule has 1 amide bonds. The number of fused-ring (bicyclic) bond motifs is 2. The molecule has 1 aliphatic heterocycles. The number of allylic oxidation sites excluding steroid dienone is 1. The fourth-order valence-corrected chi connectivity index (χ4v) is 6.74. The lowest BCUT2D eigenvalue weighted by Gasteiger charge is -2.26. The summed E-state index contributed by atoms with van der Waals surface area (Å²) in [4.78, 5) is 33.7. The summed E-state index contributed by atoms with van der Waals surface area (Å²) in [6.45, 7) is 1.83. The Morgan fingerprint density at radius 3 is 2.36 bits per heavy atom. The van der Waals surface area contributed by atoms with E-state index in [0.717, 1.165) is 10.8 Å². The highest BCUT2D eigenvalue weighted by Crippen LogP contribution is 2.42. The molecule has 4 aromatic carbocycles. The van der Waals surface area contributed by atoms with Gasteiger partial charge in [0.15, 0.2) is 16.3 Å². The first-order valence-corrected chi connectivity index (χ1v) is 15.5. The van der Waals surface area contributed by atoms with Gasteiger partial charge >= 0.3 is 0 Å². The van der Waals surface area contributed by atoms with E-state index in [2.05, 4.69) is 11.2 Å². The van der Waals surface area contributed by atoms with Crippen molar-refractivity contribution in [3.8, 4) is 35.3 Å². The van der Waals surface area contributed by atoms with Crippen LogP contribution in [-0.2, 0) is 4.79 Å². The van der Waals surface area contributed by atoms with Crippen LogP contribution in [0.5, 0.6) is 23.0 Å². The van der Waals surface area contributed by atoms with E-state index in [0.29, 0.717) is 60.4 Å². The molecule has 0 aliphatic carbocycles. The Morgan fingerprint density at radius 1 is 0.979 bits per heavy atom. The quantitative estimate of drug-likeness (QED) is 0.225. The van der Waals surface area contributed by atoms with Crippen LogP contribution < -0.4 is 39.2 Å². The third-order valence-electron chi connectivity index (χ3n) is 7.82. The van der Waals surface area contributed by atoms with E-state index in [-0.39, 0.29) is 12.2 Å². The average molecular weight is 646 g/mol. The van der Waals surface area contributed by atoms with Crippen LogP contribution in [0.25, 0.3) is 16.8 Å². The number of rotatable bonds is 9. The van der Waals surface area contributed by atoms with Crippen molar-refractivity contribution in [3.63, 3.8) is 0 Å². The third-order valence-corrected chi connectivity index (χ3v) is 8.80. The second kappa shape index (κ2) is 13.3. The van der Waals surface area contributed by atoms with Gasteiger partial charge in [-0.2, -0.15) is 0 Å². The van der Waals surface area contributed by atoms with Gasteiger partial charge in [0.05, 0.1) is 43.2 Å². The molecule has 0 unspecified atom stereocenters. The summed E-state index contributed by atoms with van der Waals surface area (Å²) in [5, 5.41) is 4.84. The summed E-state index contributed by atoms with van der Waals surface area (Å²) in [7, 11) is 4.54. The highest BCUT2D eigenvalue weighted by Gasteiger charge is 2.34. The molecule has 9 nitrogen and oxygen atoms in total. The number of anilines is 1. The van der Waals surface area contributed by atoms with Gasteiger partial charge in [0.25, 0.3) is 11.5 Å². The first-order chi connectivity index (χ1) is 22.9. The van der Waals surface area contributed by atoms with Crippen LogP contribution in [0, 0.1) is 12.3 Å². The SMILES string of the molecule is C#CCOc1ccc2ccccc2c1/C=c1\sc2n(c1=O)[C@@H](c1cc(OC)c(OC)c(OC)c1)C(C(=O)Nc1ccccc1)=C(C)N=2. The Kier molecular flexibility index (Phi) is 8.82. The molecule has 0 fully saturated rings. The van der Waals surface area contributed by atoms with Crippen LogP contribution in [0.4, 0.5) is 5.69 Å². The molecule has 1 atom stereocenters. The Hall–Kier alpha value is -5.79. The number of nitrogens with zero attached hydrogens (tertiary/aromatic N) is 2. The van der Waals surface area contributed by atoms with E-state index in [1.54, 1.807) is 37.3 Å². The lowest BCUT2D eigenvalue weighted by Crippen LogP contribution is -2.40. The maximum absolute atomic E-state index is 14.5. The molecular formula is C37H31N3O6S. The van der Waals surface area contributed by atoms with Crippen molar-refractivity contribution in [1.82, 2.24) is 4.57 Å². The number of hydrogen-bond donors (Lipinski definition) is 1. The first-order valence-electron chi connectivity index (χ1n) is 14.6. The van der Waals surface area contributed by atoms with Gasteiger partial charge in [-0.1, -0.05) is 65.8 Å². The van der Waals surface area contributed by atoms with E-state index >= 15 is 0 Å². The second-order valence-corrected chi connectivity index (χ2v) is 11.6. The van der Waals surface area contributed by atoms with Crippen LogP contribution in [0.2, 0.25) is 0 Å². The molecule has 0 saturated heterocycles. The molecule has 0 saturated carbocycles. The van der Waals surface area contributed by atoms with Gasteiger partial charge in [-0.3, -0.25) is 14.2 Å². The summed E-state index contributed by atoms with van der Waals surface area (Å²) in [5.74, 6) is 3.81. The van der Waals surface area contributed by atoms with Crippen LogP contribution in [-0.4, -0.2) is 38.4 Å². The highest BCUT2D eigenvalue weighted by molar-refractivity contribution is 7.07. The van der Waals surface area contributed by atoms with E-state index in [4.69, 9.17) is 30.4 Å². The van der Waals surface area contributed by atoms with Crippen molar-refractivity contribution in [2.75, 3.05) is 33.3 Å². The molecule has 1 N–H and O–H groups in total. The molecule has 1 aliphatic rings. The summed E-state index contributed by atoms with van der Waals surface area (Å²) in [6.07, 6.45) is 7.30. The van der Waals surface area contributed by atoms with Crippen LogP contribution >= 0.6 is 11.3 Å². The number of carbonyl (C=O) groups excluding carboxylic acids is 1. The largest absolute Gasteiger partial charge is 0.493 e. The van der Waals surface area contributed by atoms with Gasteiger partial charge in [-0.05, 0) is 59.7 Å². The van der Waals surface area contributed by atoms with Crippen molar-refractivity contribution in [2.45, 2.75) is 13.0 Å². The zero-order chi connectivity index (χ0) is 33.1. The van der Waals surface area contributed by atoms with E-state index in [1.165, 1.54) is 37.2 Å². The maximum Gasteiger partial charge on any atom is 0.271 e. The van der Waals surface area contributed by atoms with Gasteiger partial charge in [0.1, 0.15) is 12.4 Å². The van der Waals surface area contributed by atoms with Gasteiger partial charge in [0.2, 0.25) is 5.75 Å². The number of benzene rings is 4. The van der Waals surface area contributed by atoms with Crippen molar-refractivity contribution in [1.29, 1.82) is 0 Å². The van der Waals surface area contributed by atoms with Gasteiger partial charge < -0.3 is 24.3 Å². The number of hydrogen-bond acceptors (Lipinski definition) is 8. The molecule has 0 bridgehead atoms. The predicted octanol–water partition coefficient (Wildman–Crippen LogP) is 5.06. The average Bonchev–Trinajstić information content (AvgIpc) is 3.40. The Labute approximate surface area is 275 Å². The third kappa shape index (κ3) is 5.85. The predicted molar refractivity (Wildman–Crippen MR) is 183 cm³/mol. The number of thiazole rings is 1. The minimum absolute atomic E-state index is 0.0701. The minimum atomic E-state index is -0.879. The molecule has 5 aromatic rings. The number of nitrogens with one attached hydrogen (secondary N) is 1. The van der Waals surface area contributed by atoms with Crippen molar-refractivity contribution < 1.29 is 23.7 Å². The monoisotopic (exact) mass is 645 g/mol. The first kappa shape index (κ1) is 31.2. The summed E-state index contributed by atoms with van der Waals surface area (Å²) < 4.78 is 24.7. The zero-order valence-corrected chi connectivity index (χ0v) is 27.0. The molecular weight excluding hydrogens is 614 g/mol. The highest BCUT2D eigenvalue weighted by atomic mass is 32.1. The van der Waals surface area contributed by atoms with Crippen molar-refractivity contribution in [3.05, 3.63) is 121 Å². The summed E-state index contributed by atoms with van der Waals surface area (Å²) in [6, 6.07) is 23.4. The molecule has 10 heteroatoms. The summed E-state index contributed by atoms with van der Waals surface area (Å²) in [5.41, 5.74) is 2.32. The standard InChI is InChI=1S/C37H31N3O6S/c1-6-18-46-28-17-16-23-12-10-11-15-26(23)27(28)21-31-36(42)40-33(24-19-29(43-3)34(45-5)30(20-24)44-4)32(22(2)38-37(40)47-31)35(41)39-25-13-8-7-9-14-25/h1,7-17,19-21,33H,18H2,2-5H3,(H,39,41)/b31-21-/t33-/m0/s1. The smallest absolute Gasteiger partial charge is 0.271 e. The van der Waals surface area contributed by atoms with Crippen molar-refractivity contribution >= 4 is 39.8 Å². The van der Waals surface area contributed by atoms with Crippen molar-refractivity contribution in [2.24, 2.45) is 4.99 Å². The molecule has 2 heterocycles. The van der Waals surface area contributed by atoms with E-state index in [9.17, 15) is 9.59 Å². The molecule has 0 radical (unpaired) electrons. The number of carbonyl (C=O) groups is 1. The number of methoxy groups -OCH3 is 3. The van der Waals surface area contributed by atoms with Crippen LogP contribution in [0.3, 0.4) is 0 Å². The van der Waals surface area contributed by atoms with Gasteiger partial charge in [0, 0.05) is 11.3 Å². The van der Waals surface area contributed by atoms with E-state index in [1.807, 2.05) is 54.6 Å². The number of amides is 1. The maximum atomic E-state index is 14.5. The molecule has 47 heavy (non-hydrogen) atoms. The molecule has 6 rings (SSSR count). The lowest BCUT2D eigenvalue weighted by atomic mass is 9.94. The fourth-order valence-electron chi connectivity index (χ4n) is 5.71. The molecule has 1 aromatic heterocycles. The normalized spacial score (nSPS) is 14.2. The molecule has 0 spiro atoms. The zero-order valence-electron chi connectivity index (χ0n) is 26.2. The Balaban J connectivity index is 1.60.